The Morgan fingerprint density at radius 3 is 2.94 bits per heavy atom. The first-order valence-electron chi connectivity index (χ1n) is 5.49. The quantitative estimate of drug-likeness (QED) is 0.734. The van der Waals surface area contributed by atoms with Crippen molar-refractivity contribution in [3.8, 4) is 0 Å². The van der Waals surface area contributed by atoms with Gasteiger partial charge >= 0.3 is 0 Å². The molecule has 0 aliphatic heterocycles. The largest absolute Gasteiger partial charge is 0.391 e. The minimum absolute atomic E-state index is 0.0955. The summed E-state index contributed by atoms with van der Waals surface area (Å²) in [6.07, 6.45) is 1.33. The van der Waals surface area contributed by atoms with Gasteiger partial charge in [0.2, 0.25) is 0 Å². The van der Waals surface area contributed by atoms with Gasteiger partial charge in [-0.2, -0.15) is 0 Å². The zero-order valence-electron chi connectivity index (χ0n) is 10.1. The van der Waals surface area contributed by atoms with Crippen LogP contribution in [0.1, 0.15) is 5.56 Å². The fraction of sp³-hybridized carbons (Fsp3) is 0.167. The third kappa shape index (κ3) is 2.18. The van der Waals surface area contributed by atoms with Crippen molar-refractivity contribution in [2.45, 2.75) is 6.54 Å². The van der Waals surface area contributed by atoms with Crippen LogP contribution in [-0.4, -0.2) is 17.0 Å². The molecule has 0 amide bonds. The average Bonchev–Trinajstić information content (AvgIpc) is 2.41. The van der Waals surface area contributed by atoms with Gasteiger partial charge in [0.1, 0.15) is 5.69 Å². The van der Waals surface area contributed by atoms with Crippen molar-refractivity contribution in [2.75, 3.05) is 17.7 Å². The van der Waals surface area contributed by atoms with Crippen LogP contribution in [0.2, 0.25) is 0 Å². The van der Waals surface area contributed by atoms with Crippen molar-refractivity contribution in [3.63, 3.8) is 0 Å². The smallest absolute Gasteiger partial charge is 0.276 e. The van der Waals surface area contributed by atoms with Gasteiger partial charge < -0.3 is 21.4 Å². The fourth-order valence-electron chi connectivity index (χ4n) is 1.68. The SMILES string of the molecule is CN(c1cccc(CN)c1)c1nc[nH]c(=O)c1N. The van der Waals surface area contributed by atoms with Crippen LogP contribution in [0.3, 0.4) is 0 Å². The molecule has 0 saturated heterocycles. The van der Waals surface area contributed by atoms with E-state index in [2.05, 4.69) is 9.97 Å². The van der Waals surface area contributed by atoms with Crippen LogP contribution in [0, 0.1) is 0 Å². The number of nitrogens with one attached hydrogen (secondary N) is 1. The number of benzene rings is 1. The summed E-state index contributed by atoms with van der Waals surface area (Å²) in [6, 6.07) is 7.67. The molecule has 1 aromatic carbocycles. The molecule has 2 rings (SSSR count). The molecule has 0 aliphatic carbocycles. The molecule has 2 aromatic rings. The van der Waals surface area contributed by atoms with Crippen LogP contribution in [0.5, 0.6) is 0 Å². The predicted octanol–water partition coefficient (Wildman–Crippen LogP) is 0.579. The van der Waals surface area contributed by atoms with E-state index in [1.165, 1.54) is 6.33 Å². The summed E-state index contributed by atoms with van der Waals surface area (Å²) in [5, 5.41) is 0. The zero-order chi connectivity index (χ0) is 13.1. The number of rotatable bonds is 3. The first-order chi connectivity index (χ1) is 8.63. The molecule has 0 bridgehead atoms. The van der Waals surface area contributed by atoms with Gasteiger partial charge in [-0.15, -0.1) is 0 Å². The maximum atomic E-state index is 11.4. The van der Waals surface area contributed by atoms with Gasteiger partial charge in [-0.3, -0.25) is 4.79 Å². The summed E-state index contributed by atoms with van der Waals surface area (Å²) < 4.78 is 0. The summed E-state index contributed by atoms with van der Waals surface area (Å²) in [4.78, 5) is 19.7. The highest BCUT2D eigenvalue weighted by atomic mass is 16.1. The van der Waals surface area contributed by atoms with Gasteiger partial charge in [0.05, 0.1) is 6.33 Å². The van der Waals surface area contributed by atoms with E-state index in [0.29, 0.717) is 12.4 Å². The van der Waals surface area contributed by atoms with E-state index in [4.69, 9.17) is 11.5 Å². The molecule has 5 N–H and O–H groups in total. The molecular formula is C12H15N5O. The molecule has 0 saturated carbocycles. The van der Waals surface area contributed by atoms with Crippen molar-refractivity contribution in [2.24, 2.45) is 5.73 Å². The normalized spacial score (nSPS) is 10.3. The van der Waals surface area contributed by atoms with Gasteiger partial charge in [-0.25, -0.2) is 4.98 Å². The molecule has 0 aliphatic rings. The second-order valence-corrected chi connectivity index (χ2v) is 3.90. The Bertz CT molecular complexity index is 607. The molecule has 0 radical (unpaired) electrons. The van der Waals surface area contributed by atoms with Crippen molar-refractivity contribution in [3.05, 3.63) is 46.5 Å². The molecule has 18 heavy (non-hydrogen) atoms. The summed E-state index contributed by atoms with van der Waals surface area (Å²) in [6.45, 7) is 0.458. The molecule has 6 nitrogen and oxygen atoms in total. The van der Waals surface area contributed by atoms with Crippen molar-refractivity contribution >= 4 is 17.2 Å². The molecule has 0 unspecified atom stereocenters. The Balaban J connectivity index is 2.44. The van der Waals surface area contributed by atoms with Crippen LogP contribution in [-0.2, 0) is 6.54 Å². The Hall–Kier alpha value is -2.34. The first kappa shape index (κ1) is 12.1. The Morgan fingerprint density at radius 2 is 2.22 bits per heavy atom. The van der Waals surface area contributed by atoms with E-state index in [1.807, 2.05) is 24.3 Å². The van der Waals surface area contributed by atoms with Gasteiger partial charge in [0, 0.05) is 19.3 Å². The minimum Gasteiger partial charge on any atom is -0.391 e. The van der Waals surface area contributed by atoms with Crippen LogP contribution in [0.15, 0.2) is 35.4 Å². The van der Waals surface area contributed by atoms with Crippen molar-refractivity contribution in [1.29, 1.82) is 0 Å². The highest BCUT2D eigenvalue weighted by molar-refractivity contribution is 5.69. The van der Waals surface area contributed by atoms with Crippen LogP contribution >= 0.6 is 0 Å². The molecule has 0 fully saturated rings. The predicted molar refractivity (Wildman–Crippen MR) is 71.7 cm³/mol. The standard InChI is InChI=1S/C12H15N5O/c1-17(9-4-2-3-8(5-9)6-13)11-10(14)12(18)16-7-15-11/h2-5,7H,6,13-14H2,1H3,(H,15,16,18). The summed E-state index contributed by atoms with van der Waals surface area (Å²) in [7, 11) is 1.80. The van der Waals surface area contributed by atoms with Crippen LogP contribution in [0.25, 0.3) is 0 Å². The van der Waals surface area contributed by atoms with E-state index >= 15 is 0 Å². The number of nitrogen functional groups attached to an aromatic ring is 1. The van der Waals surface area contributed by atoms with E-state index in [-0.39, 0.29) is 11.2 Å². The number of hydrogen-bond donors (Lipinski definition) is 3. The molecule has 0 atom stereocenters. The highest BCUT2D eigenvalue weighted by Crippen LogP contribution is 2.24. The van der Waals surface area contributed by atoms with E-state index in [9.17, 15) is 4.79 Å². The topological polar surface area (TPSA) is 101 Å². The molecule has 6 heteroatoms. The minimum atomic E-state index is -0.346. The van der Waals surface area contributed by atoms with Crippen LogP contribution in [0.4, 0.5) is 17.2 Å². The van der Waals surface area contributed by atoms with Crippen molar-refractivity contribution in [1.82, 2.24) is 9.97 Å². The lowest BCUT2D eigenvalue weighted by atomic mass is 10.2. The number of anilines is 3. The molecule has 0 spiro atoms. The van der Waals surface area contributed by atoms with E-state index in [0.717, 1.165) is 11.3 Å². The van der Waals surface area contributed by atoms with Gasteiger partial charge in [-0.1, -0.05) is 12.1 Å². The number of aromatic nitrogens is 2. The molecule has 1 aromatic heterocycles. The lowest BCUT2D eigenvalue weighted by molar-refractivity contribution is 1.04. The number of nitrogens with zero attached hydrogens (tertiary/aromatic N) is 2. The van der Waals surface area contributed by atoms with E-state index < -0.39 is 0 Å². The molecule has 94 valence electrons. The monoisotopic (exact) mass is 245 g/mol. The Labute approximate surface area is 104 Å². The number of aromatic amines is 1. The highest BCUT2D eigenvalue weighted by Gasteiger charge is 2.11. The second-order valence-electron chi connectivity index (χ2n) is 3.90. The van der Waals surface area contributed by atoms with Crippen molar-refractivity contribution < 1.29 is 0 Å². The average molecular weight is 245 g/mol. The van der Waals surface area contributed by atoms with Gasteiger partial charge in [-0.05, 0) is 17.7 Å². The molecular weight excluding hydrogens is 230 g/mol. The lowest BCUT2D eigenvalue weighted by Crippen LogP contribution is -2.20. The van der Waals surface area contributed by atoms with E-state index in [1.54, 1.807) is 11.9 Å². The lowest BCUT2D eigenvalue weighted by Gasteiger charge is -2.19. The maximum absolute atomic E-state index is 11.4. The Morgan fingerprint density at radius 1 is 1.44 bits per heavy atom. The maximum Gasteiger partial charge on any atom is 0.276 e. The first-order valence-corrected chi connectivity index (χ1v) is 5.49. The van der Waals surface area contributed by atoms with Crippen LogP contribution < -0.4 is 21.9 Å². The number of nitrogens with two attached hydrogens (primary N) is 2. The number of hydrogen-bond acceptors (Lipinski definition) is 5. The Kier molecular flexibility index (Phi) is 3.29. The van der Waals surface area contributed by atoms with Gasteiger partial charge in [0.25, 0.3) is 5.56 Å². The summed E-state index contributed by atoms with van der Waals surface area (Å²) >= 11 is 0. The fourth-order valence-corrected chi connectivity index (χ4v) is 1.68. The number of H-pyrrole nitrogens is 1. The summed E-state index contributed by atoms with van der Waals surface area (Å²) in [5.41, 5.74) is 12.9. The summed E-state index contributed by atoms with van der Waals surface area (Å²) in [5.74, 6) is 0.424. The second kappa shape index (κ2) is 4.89. The third-order valence-corrected chi connectivity index (χ3v) is 2.72. The third-order valence-electron chi connectivity index (χ3n) is 2.72. The van der Waals surface area contributed by atoms with Gasteiger partial charge in [0.15, 0.2) is 5.82 Å². The molecule has 1 heterocycles. The zero-order valence-corrected chi connectivity index (χ0v) is 10.1.